The minimum atomic E-state index is -0.363. The first-order valence-electron chi connectivity index (χ1n) is 8.29. The molecular weight excluding hydrogens is 349 g/mol. The van der Waals surface area contributed by atoms with Crippen LogP contribution in [0.3, 0.4) is 0 Å². The molecule has 4 nitrogen and oxygen atoms in total. The molecule has 0 saturated heterocycles. The molecule has 0 amide bonds. The van der Waals surface area contributed by atoms with E-state index in [1.54, 1.807) is 18.2 Å². The molecule has 0 unspecified atom stereocenters. The van der Waals surface area contributed by atoms with Crippen LogP contribution in [0, 0.1) is 33.5 Å². The fourth-order valence-corrected chi connectivity index (χ4v) is 3.48. The quantitative estimate of drug-likeness (QED) is 0.517. The van der Waals surface area contributed by atoms with Crippen LogP contribution in [0.4, 0.5) is 4.39 Å². The Morgan fingerprint density at radius 1 is 1.12 bits per heavy atom. The molecule has 0 radical (unpaired) electrons. The van der Waals surface area contributed by atoms with E-state index in [2.05, 4.69) is 22.1 Å². The predicted molar refractivity (Wildman–Crippen MR) is 102 cm³/mol. The molecule has 0 fully saturated rings. The van der Waals surface area contributed by atoms with E-state index in [0.29, 0.717) is 16.5 Å². The molecule has 134 valence electrons. The molecular formula is C20H20FN3OS. The topological polar surface area (TPSA) is 58.6 Å². The summed E-state index contributed by atoms with van der Waals surface area (Å²) in [5, 5.41) is 7.23. The molecule has 0 aliphatic carbocycles. The molecule has 26 heavy (non-hydrogen) atoms. The Labute approximate surface area is 156 Å². The molecule has 3 rings (SSSR count). The van der Waals surface area contributed by atoms with E-state index in [-0.39, 0.29) is 17.4 Å². The number of rotatable bonds is 5. The summed E-state index contributed by atoms with van der Waals surface area (Å²) in [7, 11) is 0. The second kappa shape index (κ2) is 7.41. The third kappa shape index (κ3) is 3.55. The Balaban J connectivity index is 1.74. The van der Waals surface area contributed by atoms with Crippen LogP contribution in [0.2, 0.25) is 0 Å². The lowest BCUT2D eigenvalue weighted by Gasteiger charge is -2.13. The van der Waals surface area contributed by atoms with Gasteiger partial charge in [0.2, 0.25) is 5.16 Å². The number of carbonyl (C=O) groups is 1. The highest BCUT2D eigenvalue weighted by Gasteiger charge is 2.16. The highest BCUT2D eigenvalue weighted by molar-refractivity contribution is 7.99. The summed E-state index contributed by atoms with van der Waals surface area (Å²) >= 11 is 1.24. The third-order valence-corrected chi connectivity index (χ3v) is 5.56. The van der Waals surface area contributed by atoms with Crippen LogP contribution in [0.25, 0.3) is 11.4 Å². The molecule has 0 spiro atoms. The number of aromatic nitrogens is 3. The largest absolute Gasteiger partial charge is 0.293 e. The highest BCUT2D eigenvalue weighted by Crippen LogP contribution is 2.25. The average Bonchev–Trinajstić information content (AvgIpc) is 3.10. The zero-order chi connectivity index (χ0) is 18.8. The van der Waals surface area contributed by atoms with Crippen molar-refractivity contribution in [2.75, 3.05) is 5.75 Å². The van der Waals surface area contributed by atoms with Crippen molar-refractivity contribution in [1.82, 2.24) is 15.2 Å². The van der Waals surface area contributed by atoms with Gasteiger partial charge in [0.25, 0.3) is 0 Å². The van der Waals surface area contributed by atoms with Crippen LogP contribution in [-0.2, 0) is 0 Å². The van der Waals surface area contributed by atoms with Gasteiger partial charge in [-0.25, -0.2) is 9.37 Å². The van der Waals surface area contributed by atoms with E-state index >= 15 is 0 Å². The molecule has 0 aliphatic heterocycles. The van der Waals surface area contributed by atoms with Gasteiger partial charge in [-0.3, -0.25) is 9.89 Å². The first-order chi connectivity index (χ1) is 12.4. The van der Waals surface area contributed by atoms with Gasteiger partial charge in [0.15, 0.2) is 11.6 Å². The maximum absolute atomic E-state index is 13.8. The van der Waals surface area contributed by atoms with E-state index in [4.69, 9.17) is 0 Å². The number of thioether (sulfide) groups is 1. The molecule has 0 bridgehead atoms. The number of hydrogen-bond donors (Lipinski definition) is 1. The monoisotopic (exact) mass is 369 g/mol. The van der Waals surface area contributed by atoms with Crippen molar-refractivity contribution in [2.45, 2.75) is 32.9 Å². The summed E-state index contributed by atoms with van der Waals surface area (Å²) in [4.78, 5) is 16.9. The van der Waals surface area contributed by atoms with Gasteiger partial charge in [0.1, 0.15) is 5.82 Å². The Hall–Kier alpha value is -2.47. The second-order valence-electron chi connectivity index (χ2n) is 6.27. The number of aromatic amines is 1. The lowest BCUT2D eigenvalue weighted by Crippen LogP contribution is -2.08. The first-order valence-corrected chi connectivity index (χ1v) is 9.27. The summed E-state index contributed by atoms with van der Waals surface area (Å²) in [5.41, 5.74) is 5.59. The van der Waals surface area contributed by atoms with Crippen LogP contribution >= 0.6 is 11.8 Å². The average molecular weight is 369 g/mol. The van der Waals surface area contributed by atoms with Crippen molar-refractivity contribution in [1.29, 1.82) is 0 Å². The normalized spacial score (nSPS) is 11.0. The van der Waals surface area contributed by atoms with Gasteiger partial charge < -0.3 is 0 Å². The summed E-state index contributed by atoms with van der Waals surface area (Å²) in [6.07, 6.45) is 0. The van der Waals surface area contributed by atoms with Gasteiger partial charge in [-0.1, -0.05) is 23.9 Å². The van der Waals surface area contributed by atoms with E-state index in [1.165, 1.54) is 23.4 Å². The first kappa shape index (κ1) is 18.3. The van der Waals surface area contributed by atoms with Crippen LogP contribution in [0.5, 0.6) is 0 Å². The number of Topliss-reactive ketones (excluding diaryl/α,β-unsaturated/α-hetero) is 1. The zero-order valence-corrected chi connectivity index (χ0v) is 16.0. The number of hydrogen-bond acceptors (Lipinski definition) is 4. The van der Waals surface area contributed by atoms with Crippen LogP contribution in [-0.4, -0.2) is 26.7 Å². The van der Waals surface area contributed by atoms with Gasteiger partial charge in [-0.2, -0.15) is 0 Å². The Kier molecular flexibility index (Phi) is 5.23. The fourth-order valence-electron chi connectivity index (χ4n) is 2.79. The smallest absolute Gasteiger partial charge is 0.209 e. The summed E-state index contributed by atoms with van der Waals surface area (Å²) in [5.74, 6) is 0.266. The SMILES string of the molecule is Cc1cc(C(=O)CSc2n[nH]c(-c3ccccc3F)n2)c(C)c(C)c1C. The van der Waals surface area contributed by atoms with Gasteiger partial charge >= 0.3 is 0 Å². The van der Waals surface area contributed by atoms with Crippen LogP contribution in [0.15, 0.2) is 35.5 Å². The number of ketones is 1. The number of halogens is 1. The van der Waals surface area contributed by atoms with Gasteiger partial charge in [0.05, 0.1) is 11.3 Å². The Morgan fingerprint density at radius 2 is 1.85 bits per heavy atom. The number of carbonyl (C=O) groups excluding carboxylic acids is 1. The molecule has 1 aromatic heterocycles. The maximum Gasteiger partial charge on any atom is 0.209 e. The van der Waals surface area contributed by atoms with Crippen molar-refractivity contribution in [2.24, 2.45) is 0 Å². The van der Waals surface area contributed by atoms with Crippen molar-refractivity contribution < 1.29 is 9.18 Å². The summed E-state index contributed by atoms with van der Waals surface area (Å²) < 4.78 is 13.8. The Bertz CT molecular complexity index is 981. The molecule has 0 saturated carbocycles. The van der Waals surface area contributed by atoms with E-state index in [0.717, 1.165) is 22.3 Å². The van der Waals surface area contributed by atoms with Crippen LogP contribution < -0.4 is 0 Å². The zero-order valence-electron chi connectivity index (χ0n) is 15.2. The van der Waals surface area contributed by atoms with Crippen molar-refractivity contribution in [3.63, 3.8) is 0 Å². The lowest BCUT2D eigenvalue weighted by atomic mass is 9.93. The fraction of sp³-hybridized carbons (Fsp3) is 0.250. The van der Waals surface area contributed by atoms with E-state index in [1.807, 2.05) is 26.8 Å². The Morgan fingerprint density at radius 3 is 2.58 bits per heavy atom. The van der Waals surface area contributed by atoms with Crippen LogP contribution in [0.1, 0.15) is 32.6 Å². The molecule has 1 heterocycles. The second-order valence-corrected chi connectivity index (χ2v) is 7.22. The van der Waals surface area contributed by atoms with Gasteiger partial charge in [-0.15, -0.1) is 5.10 Å². The number of nitrogens with one attached hydrogen (secondary N) is 1. The van der Waals surface area contributed by atoms with E-state index in [9.17, 15) is 9.18 Å². The molecule has 1 N–H and O–H groups in total. The van der Waals surface area contributed by atoms with Crippen molar-refractivity contribution in [3.8, 4) is 11.4 Å². The highest BCUT2D eigenvalue weighted by atomic mass is 32.2. The summed E-state index contributed by atoms with van der Waals surface area (Å²) in [6, 6.07) is 8.32. The molecule has 6 heteroatoms. The van der Waals surface area contributed by atoms with Gasteiger partial charge in [0, 0.05) is 5.56 Å². The van der Waals surface area contributed by atoms with E-state index < -0.39 is 0 Å². The number of aryl methyl sites for hydroxylation is 1. The molecule has 2 aromatic carbocycles. The van der Waals surface area contributed by atoms with Crippen molar-refractivity contribution >= 4 is 17.5 Å². The maximum atomic E-state index is 13.8. The number of H-pyrrole nitrogens is 1. The lowest BCUT2D eigenvalue weighted by molar-refractivity contribution is 0.102. The minimum absolute atomic E-state index is 0.0379. The van der Waals surface area contributed by atoms with Gasteiger partial charge in [-0.05, 0) is 68.1 Å². The van der Waals surface area contributed by atoms with Crippen molar-refractivity contribution in [3.05, 3.63) is 64.0 Å². The number of nitrogens with zero attached hydrogens (tertiary/aromatic N) is 2. The summed E-state index contributed by atoms with van der Waals surface area (Å²) in [6.45, 7) is 8.10. The predicted octanol–water partition coefficient (Wildman–Crippen LogP) is 4.82. The third-order valence-electron chi connectivity index (χ3n) is 4.71. The standard InChI is InChI=1S/C20H20FN3OS/c1-11-9-16(14(4)13(3)12(11)2)18(25)10-26-20-22-19(23-24-20)15-7-5-6-8-17(15)21/h5-9H,10H2,1-4H3,(H,22,23,24). The number of benzene rings is 2. The molecule has 3 aromatic rings. The molecule has 0 atom stereocenters. The molecule has 0 aliphatic rings. The minimum Gasteiger partial charge on any atom is -0.293 e.